The van der Waals surface area contributed by atoms with Gasteiger partial charge in [0.1, 0.15) is 0 Å². The molecule has 0 rings (SSSR count). The van der Waals surface area contributed by atoms with Crippen LogP contribution in [0.15, 0.2) is 0 Å². The van der Waals surface area contributed by atoms with Crippen LogP contribution < -0.4 is 0 Å². The van der Waals surface area contributed by atoms with Gasteiger partial charge in [-0.15, -0.1) is 0 Å². The van der Waals surface area contributed by atoms with Gasteiger partial charge in [0.05, 0.1) is 5.04 Å². The van der Waals surface area contributed by atoms with Crippen molar-refractivity contribution in [3.05, 3.63) is 0 Å². The van der Waals surface area contributed by atoms with E-state index < -0.39 is 0 Å². The van der Waals surface area contributed by atoms with Crippen LogP contribution >= 0.6 is 12.0 Å². The van der Waals surface area contributed by atoms with Gasteiger partial charge >= 0.3 is 0 Å². The monoisotopic (exact) mass is 91.0 g/mol. The number of hydrogen-bond donors (Lipinski definition) is 2. The van der Waals surface area contributed by atoms with Gasteiger partial charge in [-0.25, -0.2) is 0 Å². The normalized spacial score (nSPS) is 7.60. The second-order valence-corrected chi connectivity index (χ2v) is 1.44. The van der Waals surface area contributed by atoms with Gasteiger partial charge in [0, 0.05) is 12.0 Å². The Labute approximate surface area is 34.9 Å². The zero-order valence-corrected chi connectivity index (χ0v) is 3.67. The van der Waals surface area contributed by atoms with Crippen LogP contribution in [0.3, 0.4) is 0 Å². The minimum atomic E-state index is 0.227. The van der Waals surface area contributed by atoms with Crippen LogP contribution in [0.4, 0.5) is 0 Å². The molecular formula is C2H5NOS. The smallest absolute Gasteiger partial charge is 0.0883 e. The van der Waals surface area contributed by atoms with E-state index in [-0.39, 0.29) is 5.04 Å². The molecule has 3 heteroatoms. The van der Waals surface area contributed by atoms with Crippen molar-refractivity contribution in [2.45, 2.75) is 6.92 Å². The first kappa shape index (κ1) is 4.98. The molecule has 0 unspecified atom stereocenters. The molecule has 5 heavy (non-hydrogen) atoms. The van der Waals surface area contributed by atoms with Gasteiger partial charge in [0.15, 0.2) is 0 Å². The lowest BCUT2D eigenvalue weighted by molar-refractivity contribution is 0.673. The zero-order valence-electron chi connectivity index (χ0n) is 2.86. The van der Waals surface area contributed by atoms with Crippen molar-refractivity contribution in [1.82, 2.24) is 0 Å². The van der Waals surface area contributed by atoms with Gasteiger partial charge in [-0.3, -0.25) is 5.41 Å². The van der Waals surface area contributed by atoms with Crippen molar-refractivity contribution in [3.63, 3.8) is 0 Å². The molecule has 0 heterocycles. The summed E-state index contributed by atoms with van der Waals surface area (Å²) in [6.45, 7) is 1.52. The quantitative estimate of drug-likeness (QED) is 0.267. The second-order valence-electron chi connectivity index (χ2n) is 0.647. The SMILES string of the molecule is CC(=N)SO. The molecule has 0 aromatic carbocycles. The van der Waals surface area contributed by atoms with Gasteiger partial charge in [0.2, 0.25) is 0 Å². The Hall–Kier alpha value is -0.0200. The fourth-order valence-corrected chi connectivity index (χ4v) is 0. The van der Waals surface area contributed by atoms with E-state index in [2.05, 4.69) is 0 Å². The zero-order chi connectivity index (χ0) is 4.28. The summed E-state index contributed by atoms with van der Waals surface area (Å²) in [7, 11) is 0. The molecule has 2 nitrogen and oxygen atoms in total. The van der Waals surface area contributed by atoms with Crippen LogP contribution in [-0.2, 0) is 0 Å². The van der Waals surface area contributed by atoms with Crippen molar-refractivity contribution >= 4 is 17.1 Å². The van der Waals surface area contributed by atoms with Crippen LogP contribution in [0.1, 0.15) is 6.92 Å². The summed E-state index contributed by atoms with van der Waals surface area (Å²) >= 11 is 0.463. The molecule has 0 aromatic rings. The summed E-state index contributed by atoms with van der Waals surface area (Å²) in [5.41, 5.74) is 0. The highest BCUT2D eigenvalue weighted by molar-refractivity contribution is 8.08. The third kappa shape index (κ3) is 3.98. The lowest BCUT2D eigenvalue weighted by Gasteiger charge is -1.75. The first-order chi connectivity index (χ1) is 2.27. The highest BCUT2D eigenvalue weighted by atomic mass is 32.2. The molecule has 0 aliphatic carbocycles. The van der Waals surface area contributed by atoms with Crippen molar-refractivity contribution in [2.24, 2.45) is 0 Å². The summed E-state index contributed by atoms with van der Waals surface area (Å²) in [4.78, 5) is 0. The Bertz CT molecular complexity index is 44.9. The van der Waals surface area contributed by atoms with Crippen LogP contribution in [0.25, 0.3) is 0 Å². The van der Waals surface area contributed by atoms with Crippen LogP contribution in [0.2, 0.25) is 0 Å². The van der Waals surface area contributed by atoms with Gasteiger partial charge in [0.25, 0.3) is 0 Å². The van der Waals surface area contributed by atoms with E-state index in [9.17, 15) is 0 Å². The maximum atomic E-state index is 7.84. The molecule has 0 bridgehead atoms. The fraction of sp³-hybridized carbons (Fsp3) is 0.500. The molecule has 30 valence electrons. The maximum Gasteiger partial charge on any atom is 0.0883 e. The third-order valence-corrected chi connectivity index (χ3v) is 0.411. The summed E-state index contributed by atoms with van der Waals surface area (Å²) in [5, 5.41) is 6.68. The van der Waals surface area contributed by atoms with Crippen LogP contribution in [-0.4, -0.2) is 9.60 Å². The average Bonchev–Trinajstić information content (AvgIpc) is 1.38. The van der Waals surface area contributed by atoms with Crippen molar-refractivity contribution in [3.8, 4) is 0 Å². The van der Waals surface area contributed by atoms with E-state index in [4.69, 9.17) is 9.96 Å². The molecule has 0 aliphatic heterocycles. The molecule has 0 saturated heterocycles. The molecule has 0 radical (unpaired) electrons. The molecule has 0 fully saturated rings. The van der Waals surface area contributed by atoms with E-state index in [0.29, 0.717) is 12.0 Å². The van der Waals surface area contributed by atoms with Gasteiger partial charge in [-0.2, -0.15) is 0 Å². The third-order valence-electron chi connectivity index (χ3n) is 0.137. The molecule has 0 saturated carbocycles. The minimum Gasteiger partial charge on any atom is -0.325 e. The molecule has 0 amide bonds. The summed E-state index contributed by atoms with van der Waals surface area (Å²) in [6, 6.07) is 0. The lowest BCUT2D eigenvalue weighted by atomic mass is 10.9. The van der Waals surface area contributed by atoms with Crippen molar-refractivity contribution in [1.29, 1.82) is 5.41 Å². The number of hydrogen-bond acceptors (Lipinski definition) is 3. The first-order valence-corrected chi connectivity index (χ1v) is 1.91. The van der Waals surface area contributed by atoms with Crippen molar-refractivity contribution in [2.75, 3.05) is 0 Å². The van der Waals surface area contributed by atoms with E-state index in [1.807, 2.05) is 0 Å². The van der Waals surface area contributed by atoms with Crippen molar-refractivity contribution < 1.29 is 4.55 Å². The topological polar surface area (TPSA) is 44.1 Å². The molecule has 0 atom stereocenters. The van der Waals surface area contributed by atoms with Gasteiger partial charge in [-0.1, -0.05) is 0 Å². The van der Waals surface area contributed by atoms with E-state index in [0.717, 1.165) is 0 Å². The molecule has 2 N–H and O–H groups in total. The molecule has 0 aromatic heterocycles. The predicted molar refractivity (Wildman–Crippen MR) is 23.6 cm³/mol. The van der Waals surface area contributed by atoms with Crippen LogP contribution in [0, 0.1) is 5.41 Å². The number of nitrogens with one attached hydrogen (secondary N) is 1. The molecule has 0 aliphatic rings. The van der Waals surface area contributed by atoms with Crippen LogP contribution in [0.5, 0.6) is 0 Å². The Morgan fingerprint density at radius 1 is 2.00 bits per heavy atom. The first-order valence-electron chi connectivity index (χ1n) is 1.14. The van der Waals surface area contributed by atoms with Gasteiger partial charge in [-0.05, 0) is 6.92 Å². The minimum absolute atomic E-state index is 0.227. The Balaban J connectivity index is 2.85. The standard InChI is InChI=1S/C2H5NOS/c1-2(3)5-4/h3-4H,1H3. The Morgan fingerprint density at radius 2 is 2.20 bits per heavy atom. The molecular weight excluding hydrogens is 86.1 g/mol. The average molecular weight is 91.1 g/mol. The largest absolute Gasteiger partial charge is 0.325 e. The highest BCUT2D eigenvalue weighted by Gasteiger charge is 1.74. The summed E-state index contributed by atoms with van der Waals surface area (Å²) in [5.74, 6) is 0. The molecule has 0 spiro atoms. The second kappa shape index (κ2) is 2.23. The fourth-order valence-electron chi connectivity index (χ4n) is 0. The Morgan fingerprint density at radius 3 is 2.20 bits per heavy atom. The van der Waals surface area contributed by atoms with E-state index >= 15 is 0 Å². The number of rotatable bonds is 0. The lowest BCUT2D eigenvalue weighted by Crippen LogP contribution is -1.70. The van der Waals surface area contributed by atoms with E-state index in [1.54, 1.807) is 0 Å². The summed E-state index contributed by atoms with van der Waals surface area (Å²) < 4.78 is 7.84. The Kier molecular flexibility index (Phi) is 2.22. The maximum absolute atomic E-state index is 7.84. The van der Waals surface area contributed by atoms with Gasteiger partial charge < -0.3 is 4.55 Å². The predicted octanol–water partition coefficient (Wildman–Crippen LogP) is 1.19. The summed E-state index contributed by atoms with van der Waals surface area (Å²) in [6.07, 6.45) is 0. The van der Waals surface area contributed by atoms with E-state index in [1.165, 1.54) is 6.92 Å². The highest BCUT2D eigenvalue weighted by Crippen LogP contribution is 1.88.